The Kier molecular flexibility index (Phi) is 11.4. The number of phosphoric acid groups is 2. The van der Waals surface area contributed by atoms with Crippen LogP contribution in [0.2, 0.25) is 0 Å². The maximum Gasteiger partial charge on any atom is 0.473 e. The highest BCUT2D eigenvalue weighted by molar-refractivity contribution is 7.53. The molecule has 0 aromatic carbocycles. The van der Waals surface area contributed by atoms with Crippen LogP contribution in [0.1, 0.15) is 48.5 Å². The molecule has 230 valence electrons. The lowest BCUT2D eigenvalue weighted by molar-refractivity contribution is -0.0533. The molecule has 3 heterocycles. The van der Waals surface area contributed by atoms with Crippen LogP contribution in [-0.2, 0) is 55.3 Å². The summed E-state index contributed by atoms with van der Waals surface area (Å²) in [5.41, 5.74) is -0.722. The number of phosphoric ester groups is 2. The van der Waals surface area contributed by atoms with E-state index in [4.69, 9.17) is 41.6 Å². The zero-order valence-corrected chi connectivity index (χ0v) is 25.7. The highest BCUT2D eigenvalue weighted by Gasteiger charge is 2.50. The summed E-state index contributed by atoms with van der Waals surface area (Å²) in [4.78, 5) is 31.1. The fourth-order valence-corrected chi connectivity index (χ4v) is 7.59. The molecule has 3 rings (SSSR count). The van der Waals surface area contributed by atoms with E-state index in [0.29, 0.717) is 0 Å². The topological polar surface area (TPSA) is 195 Å². The number of hydrogen-bond acceptors (Lipinski definition) is 12. The van der Waals surface area contributed by atoms with Gasteiger partial charge in [0.25, 0.3) is 0 Å². The van der Waals surface area contributed by atoms with Crippen molar-refractivity contribution >= 4 is 23.2 Å². The van der Waals surface area contributed by atoms with Crippen molar-refractivity contribution in [2.75, 3.05) is 19.8 Å². The van der Waals surface area contributed by atoms with E-state index in [1.165, 1.54) is 20.8 Å². The molecule has 0 spiro atoms. The van der Waals surface area contributed by atoms with Crippen molar-refractivity contribution in [2.24, 2.45) is 0 Å². The largest absolute Gasteiger partial charge is 0.473 e. The first kappa shape index (κ1) is 33.7. The lowest BCUT2D eigenvalue weighted by Gasteiger charge is -2.29. The van der Waals surface area contributed by atoms with E-state index in [9.17, 15) is 28.4 Å². The van der Waals surface area contributed by atoms with Gasteiger partial charge in [-0.25, -0.2) is 9.13 Å². The maximum absolute atomic E-state index is 13.0. The fraction of sp³-hybridized carbons (Fsp3) is 1.00. The average molecular weight is 626 g/mol. The van der Waals surface area contributed by atoms with Crippen molar-refractivity contribution in [1.29, 1.82) is 0 Å². The minimum Gasteiger partial charge on any atom is -0.373 e. The minimum atomic E-state index is -4.89. The summed E-state index contributed by atoms with van der Waals surface area (Å²) >= 11 is 0. The standard InChI is InChI=1S/C21H41O15P3/c1-11(2)31-16-8-28-13(5)19(16)35-38(24,25)33-18-10-30-15(7)21(18)36-39(26,27)32-17-9-29-14(6)20(17)34-37(22,23)12(3)4/h11-21H,8-10H2,1-7H3,(H,22,23)(H,24,25)(H,26,27)/t13?,14?,15?,16-,17-,18-,19+,20+,21+/m0/s1. The first-order valence-corrected chi connectivity index (χ1v) is 17.4. The fourth-order valence-electron chi connectivity index (χ4n) is 4.32. The van der Waals surface area contributed by atoms with E-state index < -0.39 is 83.8 Å². The smallest absolute Gasteiger partial charge is 0.373 e. The highest BCUT2D eigenvalue weighted by atomic mass is 31.2. The third kappa shape index (κ3) is 9.10. The van der Waals surface area contributed by atoms with Gasteiger partial charge in [-0.3, -0.25) is 27.2 Å². The van der Waals surface area contributed by atoms with Gasteiger partial charge in [0.15, 0.2) is 0 Å². The predicted octanol–water partition coefficient (Wildman–Crippen LogP) is 2.76. The van der Waals surface area contributed by atoms with Gasteiger partial charge < -0.3 is 33.6 Å². The van der Waals surface area contributed by atoms with E-state index in [2.05, 4.69) is 0 Å². The highest BCUT2D eigenvalue weighted by Crippen LogP contribution is 2.55. The molecule has 0 saturated carbocycles. The summed E-state index contributed by atoms with van der Waals surface area (Å²) in [6.45, 7) is 11.1. The second kappa shape index (κ2) is 13.2. The number of rotatable bonds is 13. The van der Waals surface area contributed by atoms with Crippen molar-refractivity contribution in [3.8, 4) is 0 Å². The molecule has 39 heavy (non-hydrogen) atoms. The van der Waals surface area contributed by atoms with Crippen LogP contribution in [0.3, 0.4) is 0 Å². The zero-order valence-electron chi connectivity index (χ0n) is 23.1. The van der Waals surface area contributed by atoms with Gasteiger partial charge in [-0.2, -0.15) is 0 Å². The molecule has 0 aromatic rings. The Morgan fingerprint density at radius 3 is 1.36 bits per heavy atom. The summed E-state index contributed by atoms with van der Waals surface area (Å²) in [5.74, 6) is 0. The van der Waals surface area contributed by atoms with Gasteiger partial charge in [0, 0.05) is 0 Å². The predicted molar refractivity (Wildman–Crippen MR) is 135 cm³/mol. The molecule has 0 aliphatic carbocycles. The molecular formula is C21H41O15P3. The second-order valence-corrected chi connectivity index (χ2v) is 15.5. The molecule has 3 fully saturated rings. The van der Waals surface area contributed by atoms with E-state index in [1.54, 1.807) is 13.8 Å². The van der Waals surface area contributed by atoms with Gasteiger partial charge in [0.1, 0.15) is 36.6 Å². The average Bonchev–Trinajstić information content (AvgIpc) is 3.41. The first-order valence-electron chi connectivity index (χ1n) is 12.8. The molecule has 0 radical (unpaired) electrons. The van der Waals surface area contributed by atoms with Crippen LogP contribution in [-0.4, -0.2) is 101 Å². The Balaban J connectivity index is 1.65. The summed E-state index contributed by atoms with van der Waals surface area (Å²) in [6.07, 6.45) is -8.67. The SMILES string of the molecule is CC(C)O[C@H]1COC(C)[C@H]1OP(=O)(O)O[C@H]1COC(C)[C@H]1OP(=O)(O)O[C@H]1COC(C)[C@H]1OP(=O)(O)C(C)C. The molecular weight excluding hydrogens is 585 g/mol. The van der Waals surface area contributed by atoms with E-state index in [-0.39, 0.29) is 25.9 Å². The molecule has 3 N–H and O–H groups in total. The zero-order chi connectivity index (χ0) is 29.3. The van der Waals surface area contributed by atoms with Gasteiger partial charge in [0.2, 0.25) is 0 Å². The Bertz CT molecular complexity index is 963. The summed E-state index contributed by atoms with van der Waals surface area (Å²) in [6, 6.07) is 0. The molecule has 3 aliphatic rings. The van der Waals surface area contributed by atoms with Crippen molar-refractivity contribution in [2.45, 2.75) is 115 Å². The molecule has 0 aromatic heterocycles. The molecule has 15 nitrogen and oxygen atoms in total. The Morgan fingerprint density at radius 2 is 0.974 bits per heavy atom. The molecule has 0 bridgehead atoms. The van der Waals surface area contributed by atoms with Crippen molar-refractivity contribution in [3.63, 3.8) is 0 Å². The monoisotopic (exact) mass is 626 g/mol. The van der Waals surface area contributed by atoms with Crippen LogP contribution < -0.4 is 0 Å². The van der Waals surface area contributed by atoms with Crippen molar-refractivity contribution in [3.05, 3.63) is 0 Å². The Morgan fingerprint density at radius 1 is 0.615 bits per heavy atom. The van der Waals surface area contributed by atoms with Crippen LogP contribution >= 0.6 is 23.2 Å². The number of ether oxygens (including phenoxy) is 4. The Hall–Kier alpha value is 0.210. The van der Waals surface area contributed by atoms with Gasteiger partial charge in [-0.15, -0.1) is 0 Å². The molecule has 12 atom stereocenters. The van der Waals surface area contributed by atoms with Crippen LogP contribution in [0, 0.1) is 0 Å². The van der Waals surface area contributed by atoms with Crippen molar-refractivity contribution in [1.82, 2.24) is 0 Å². The van der Waals surface area contributed by atoms with Crippen LogP contribution in [0.25, 0.3) is 0 Å². The summed E-state index contributed by atoms with van der Waals surface area (Å²) in [7, 11) is -13.7. The quantitative estimate of drug-likeness (QED) is 0.252. The number of hydrogen-bond donors (Lipinski definition) is 3. The van der Waals surface area contributed by atoms with E-state index in [1.807, 2.05) is 13.8 Å². The van der Waals surface area contributed by atoms with Gasteiger partial charge >= 0.3 is 23.2 Å². The van der Waals surface area contributed by atoms with Crippen LogP contribution in [0.4, 0.5) is 0 Å². The summed E-state index contributed by atoms with van der Waals surface area (Å²) < 4.78 is 86.9. The van der Waals surface area contributed by atoms with Gasteiger partial charge in [-0.1, -0.05) is 13.8 Å². The third-order valence-corrected chi connectivity index (χ3v) is 10.4. The molecule has 6 unspecified atom stereocenters. The molecule has 3 aliphatic heterocycles. The normalized spacial score (nSPS) is 40.2. The minimum absolute atomic E-state index is 0.168. The van der Waals surface area contributed by atoms with Crippen molar-refractivity contribution < 1.29 is 69.9 Å². The lowest BCUT2D eigenvalue weighted by atomic mass is 10.2. The van der Waals surface area contributed by atoms with E-state index >= 15 is 0 Å². The van der Waals surface area contributed by atoms with Gasteiger partial charge in [0.05, 0.1) is 49.9 Å². The lowest BCUT2D eigenvalue weighted by Crippen LogP contribution is -2.37. The molecule has 18 heteroatoms. The first-order chi connectivity index (χ1) is 17.9. The van der Waals surface area contributed by atoms with E-state index in [0.717, 1.165) is 0 Å². The summed E-state index contributed by atoms with van der Waals surface area (Å²) in [5, 5.41) is 0. The maximum atomic E-state index is 13.0. The Labute approximate surface area is 228 Å². The molecule has 0 amide bonds. The van der Waals surface area contributed by atoms with Crippen LogP contribution in [0.15, 0.2) is 0 Å². The second-order valence-electron chi connectivity index (χ2n) is 10.4. The molecule has 3 saturated heterocycles. The van der Waals surface area contributed by atoms with Crippen LogP contribution in [0.5, 0.6) is 0 Å². The van der Waals surface area contributed by atoms with Gasteiger partial charge in [-0.05, 0) is 34.6 Å². The third-order valence-electron chi connectivity index (χ3n) is 6.48.